The number of carbonyl (C=O) groups excluding carboxylic acids is 1. The Morgan fingerprint density at radius 1 is 1.80 bits per heavy atom. The van der Waals surface area contributed by atoms with E-state index in [1.807, 2.05) is 0 Å². The fraction of sp³-hybridized carbons (Fsp3) is 0.833. The summed E-state index contributed by atoms with van der Waals surface area (Å²) in [4.78, 5) is 10.6. The van der Waals surface area contributed by atoms with Gasteiger partial charge >= 0.3 is 5.97 Å². The van der Waals surface area contributed by atoms with Gasteiger partial charge in [-0.1, -0.05) is 15.9 Å². The lowest BCUT2D eigenvalue weighted by molar-refractivity contribution is -0.144. The summed E-state index contributed by atoms with van der Waals surface area (Å²) in [6.45, 7) is 2.10. The van der Waals surface area contributed by atoms with Gasteiger partial charge in [-0.25, -0.2) is 0 Å². The number of rotatable bonds is 4. The molecule has 10 heavy (non-hydrogen) atoms. The SMILES string of the molecule is CCOC(=O)CC(O)CBr. The second-order valence-corrected chi connectivity index (χ2v) is 2.46. The lowest BCUT2D eigenvalue weighted by atomic mass is 10.3. The molecule has 0 heterocycles. The first-order valence-electron chi connectivity index (χ1n) is 3.10. The van der Waals surface area contributed by atoms with Crippen molar-refractivity contribution in [1.29, 1.82) is 0 Å². The maximum Gasteiger partial charge on any atom is 0.308 e. The summed E-state index contributed by atoms with van der Waals surface area (Å²) in [5, 5.41) is 9.32. The van der Waals surface area contributed by atoms with Gasteiger partial charge < -0.3 is 9.84 Å². The van der Waals surface area contributed by atoms with Gasteiger partial charge in [-0.05, 0) is 6.92 Å². The summed E-state index contributed by atoms with van der Waals surface area (Å²) in [5.41, 5.74) is 0. The molecule has 0 rings (SSSR count). The lowest BCUT2D eigenvalue weighted by Crippen LogP contribution is -2.16. The van der Waals surface area contributed by atoms with Crippen molar-refractivity contribution in [3.8, 4) is 0 Å². The normalized spacial score (nSPS) is 12.7. The molecule has 0 radical (unpaired) electrons. The minimum atomic E-state index is -0.626. The van der Waals surface area contributed by atoms with Crippen LogP contribution in [0.3, 0.4) is 0 Å². The third kappa shape index (κ3) is 4.76. The molecular formula is C6H11BrO3. The van der Waals surface area contributed by atoms with E-state index in [-0.39, 0.29) is 12.4 Å². The first-order chi connectivity index (χ1) is 4.70. The summed E-state index contributed by atoms with van der Waals surface area (Å²) in [7, 11) is 0. The number of esters is 1. The molecule has 0 aromatic heterocycles. The molecule has 0 aliphatic carbocycles. The van der Waals surface area contributed by atoms with E-state index in [1.54, 1.807) is 6.92 Å². The summed E-state index contributed by atoms with van der Waals surface area (Å²) in [5.74, 6) is -0.352. The highest BCUT2D eigenvalue weighted by molar-refractivity contribution is 9.09. The predicted molar refractivity (Wildman–Crippen MR) is 41.1 cm³/mol. The number of hydrogen-bond acceptors (Lipinski definition) is 3. The van der Waals surface area contributed by atoms with Crippen molar-refractivity contribution >= 4 is 21.9 Å². The molecule has 0 aromatic carbocycles. The van der Waals surface area contributed by atoms with Gasteiger partial charge in [0.25, 0.3) is 0 Å². The monoisotopic (exact) mass is 210 g/mol. The Morgan fingerprint density at radius 2 is 2.40 bits per heavy atom. The highest BCUT2D eigenvalue weighted by atomic mass is 79.9. The van der Waals surface area contributed by atoms with Crippen LogP contribution in [0.1, 0.15) is 13.3 Å². The zero-order valence-electron chi connectivity index (χ0n) is 5.84. The molecule has 1 atom stereocenters. The second-order valence-electron chi connectivity index (χ2n) is 1.82. The maximum atomic E-state index is 10.6. The van der Waals surface area contributed by atoms with E-state index in [1.165, 1.54) is 0 Å². The minimum absolute atomic E-state index is 0.0685. The zero-order valence-corrected chi connectivity index (χ0v) is 7.43. The molecule has 0 amide bonds. The van der Waals surface area contributed by atoms with Crippen LogP contribution in [-0.4, -0.2) is 29.1 Å². The number of hydrogen-bond donors (Lipinski definition) is 1. The van der Waals surface area contributed by atoms with E-state index in [9.17, 15) is 4.79 Å². The largest absolute Gasteiger partial charge is 0.466 e. The predicted octanol–water partition coefficient (Wildman–Crippen LogP) is 0.695. The molecule has 0 aliphatic heterocycles. The fourth-order valence-electron chi connectivity index (χ4n) is 0.467. The molecule has 3 nitrogen and oxygen atoms in total. The second kappa shape index (κ2) is 5.68. The zero-order chi connectivity index (χ0) is 7.98. The van der Waals surface area contributed by atoms with E-state index in [0.717, 1.165) is 0 Å². The maximum absolute atomic E-state index is 10.6. The standard InChI is InChI=1S/C6H11BrO3/c1-2-10-6(9)3-5(8)4-7/h5,8H,2-4H2,1H3. The van der Waals surface area contributed by atoms with Gasteiger partial charge in [-0.15, -0.1) is 0 Å². The number of aliphatic hydroxyl groups is 1. The average Bonchev–Trinajstić information content (AvgIpc) is 1.88. The molecule has 0 aromatic rings. The van der Waals surface area contributed by atoms with Crippen LogP contribution in [-0.2, 0) is 9.53 Å². The minimum Gasteiger partial charge on any atom is -0.466 e. The van der Waals surface area contributed by atoms with E-state index < -0.39 is 6.10 Å². The molecule has 0 bridgehead atoms. The molecule has 1 unspecified atom stereocenters. The van der Waals surface area contributed by atoms with Crippen LogP contribution in [0, 0.1) is 0 Å². The van der Waals surface area contributed by atoms with Crippen molar-refractivity contribution in [2.45, 2.75) is 19.4 Å². The van der Waals surface area contributed by atoms with Crippen LogP contribution >= 0.6 is 15.9 Å². The molecule has 4 heteroatoms. The van der Waals surface area contributed by atoms with Gasteiger partial charge in [-0.2, -0.15) is 0 Å². The summed E-state index contributed by atoms with van der Waals surface area (Å²) in [6.07, 6.45) is -0.557. The first-order valence-corrected chi connectivity index (χ1v) is 4.22. The van der Waals surface area contributed by atoms with E-state index >= 15 is 0 Å². The van der Waals surface area contributed by atoms with Crippen LogP contribution < -0.4 is 0 Å². The Balaban J connectivity index is 3.37. The highest BCUT2D eigenvalue weighted by Gasteiger charge is 2.08. The smallest absolute Gasteiger partial charge is 0.308 e. The quantitative estimate of drug-likeness (QED) is 0.549. The number of aliphatic hydroxyl groups excluding tert-OH is 1. The van der Waals surface area contributed by atoms with Crippen LogP contribution in [0.5, 0.6) is 0 Å². The fourth-order valence-corrected chi connectivity index (χ4v) is 0.696. The van der Waals surface area contributed by atoms with Crippen molar-refractivity contribution < 1.29 is 14.6 Å². The highest BCUT2D eigenvalue weighted by Crippen LogP contribution is 1.97. The third-order valence-corrected chi connectivity index (χ3v) is 1.63. The van der Waals surface area contributed by atoms with E-state index in [2.05, 4.69) is 20.7 Å². The van der Waals surface area contributed by atoms with Crippen molar-refractivity contribution in [1.82, 2.24) is 0 Å². The van der Waals surface area contributed by atoms with E-state index in [4.69, 9.17) is 5.11 Å². The number of carbonyl (C=O) groups is 1. The van der Waals surface area contributed by atoms with Crippen molar-refractivity contribution in [2.24, 2.45) is 0 Å². The van der Waals surface area contributed by atoms with Gasteiger partial charge in [0.15, 0.2) is 0 Å². The number of alkyl halides is 1. The molecule has 60 valence electrons. The molecule has 0 fully saturated rings. The van der Waals surface area contributed by atoms with Crippen molar-refractivity contribution in [3.05, 3.63) is 0 Å². The van der Waals surface area contributed by atoms with Gasteiger partial charge in [0, 0.05) is 5.33 Å². The van der Waals surface area contributed by atoms with Gasteiger partial charge in [0.2, 0.25) is 0 Å². The summed E-state index contributed by atoms with van der Waals surface area (Å²) in [6, 6.07) is 0. The lowest BCUT2D eigenvalue weighted by Gasteiger charge is -2.04. The average molecular weight is 211 g/mol. The van der Waals surface area contributed by atoms with Crippen LogP contribution in [0.2, 0.25) is 0 Å². The van der Waals surface area contributed by atoms with Crippen molar-refractivity contribution in [3.63, 3.8) is 0 Å². The van der Waals surface area contributed by atoms with Gasteiger partial charge in [0.1, 0.15) is 0 Å². The summed E-state index contributed by atoms with van der Waals surface area (Å²) >= 11 is 3.04. The van der Waals surface area contributed by atoms with E-state index in [0.29, 0.717) is 11.9 Å². The Labute approximate surface area is 68.5 Å². The first kappa shape index (κ1) is 9.91. The Morgan fingerprint density at radius 3 is 2.80 bits per heavy atom. The Bertz CT molecular complexity index is 105. The molecule has 0 aliphatic rings. The molecule has 0 saturated heterocycles. The van der Waals surface area contributed by atoms with Crippen LogP contribution in [0.15, 0.2) is 0 Å². The molecule has 0 spiro atoms. The van der Waals surface area contributed by atoms with Gasteiger partial charge in [-0.3, -0.25) is 4.79 Å². The number of halogens is 1. The third-order valence-electron chi connectivity index (χ3n) is 0.886. The molecule has 1 N–H and O–H groups in total. The number of ether oxygens (including phenoxy) is 1. The Kier molecular flexibility index (Phi) is 5.63. The molecular weight excluding hydrogens is 200 g/mol. The van der Waals surface area contributed by atoms with Crippen molar-refractivity contribution in [2.75, 3.05) is 11.9 Å². The van der Waals surface area contributed by atoms with Crippen LogP contribution in [0.25, 0.3) is 0 Å². The Hall–Kier alpha value is -0.0900. The topological polar surface area (TPSA) is 46.5 Å². The van der Waals surface area contributed by atoms with Crippen LogP contribution in [0.4, 0.5) is 0 Å². The molecule has 0 saturated carbocycles. The summed E-state index contributed by atoms with van der Waals surface area (Å²) < 4.78 is 4.59. The van der Waals surface area contributed by atoms with Gasteiger partial charge in [0.05, 0.1) is 19.1 Å².